The Morgan fingerprint density at radius 2 is 1.01 bits per heavy atom. The van der Waals surface area contributed by atoms with Gasteiger partial charge in [0.25, 0.3) is 11.8 Å². The fourth-order valence-corrected chi connectivity index (χ4v) is 16.0. The quantitative estimate of drug-likeness (QED) is 0.0537. The van der Waals surface area contributed by atoms with E-state index in [-0.39, 0.29) is 34.7 Å². The lowest BCUT2D eigenvalue weighted by Crippen LogP contribution is -2.40. The smallest absolute Gasteiger partial charge is 0.349 e. The average Bonchev–Trinajstić information content (AvgIpc) is 4.27. The van der Waals surface area contributed by atoms with Gasteiger partial charge in [-0.3, -0.25) is 19.1 Å². The summed E-state index contributed by atoms with van der Waals surface area (Å²) in [6.07, 6.45) is 13.4. The van der Waals surface area contributed by atoms with Crippen LogP contribution in [0.1, 0.15) is 170 Å². The maximum Gasteiger partial charge on any atom is 0.438 e. The SMILES string of the molecule is CC(C)(C)NS(=O)(=O)c1ccc(-c2sc(C(=O)NCC(C)(C)c3noc(=O)[nH]3)nc2CC2CCCCC2)c2ccccc12.[C-]#[N+]C(C)(C)CNC(=O)c1nc(CC2CCCCC2)c(-c2ccc(S(=O)(=O)NC(C)(C)C)c3ccccc23)s1. The van der Waals surface area contributed by atoms with Crippen LogP contribution >= 0.6 is 22.7 Å². The van der Waals surface area contributed by atoms with Gasteiger partial charge in [0, 0.05) is 58.8 Å². The first kappa shape index (κ1) is 61.9. The van der Waals surface area contributed by atoms with Crippen LogP contribution in [0, 0.1) is 18.4 Å². The first-order valence-corrected chi connectivity index (χ1v) is 32.8. The summed E-state index contributed by atoms with van der Waals surface area (Å²) in [5, 5.41) is 13.2. The summed E-state index contributed by atoms with van der Waals surface area (Å²) in [6, 6.07) is 22.0. The molecular formula is C61H77N9O8S4. The molecule has 3 aromatic heterocycles. The second kappa shape index (κ2) is 25.0. The summed E-state index contributed by atoms with van der Waals surface area (Å²) >= 11 is 2.66. The van der Waals surface area contributed by atoms with Crippen molar-refractivity contribution in [3.05, 3.63) is 122 Å². The Balaban J connectivity index is 0.000000216. The summed E-state index contributed by atoms with van der Waals surface area (Å²) in [5.74, 6) is 0.0853. The zero-order valence-electron chi connectivity index (χ0n) is 48.7. The molecule has 0 spiro atoms. The summed E-state index contributed by atoms with van der Waals surface area (Å²) in [6.45, 7) is 26.0. The number of thiazole rings is 2. The summed E-state index contributed by atoms with van der Waals surface area (Å²) < 4.78 is 63.6. The molecule has 0 saturated heterocycles. The van der Waals surface area contributed by atoms with E-state index in [1.54, 1.807) is 26.0 Å². The lowest BCUT2D eigenvalue weighted by Gasteiger charge is -2.22. The Morgan fingerprint density at radius 1 is 0.610 bits per heavy atom. The third kappa shape index (κ3) is 15.3. The first-order valence-electron chi connectivity index (χ1n) is 28.2. The van der Waals surface area contributed by atoms with Crippen LogP contribution in [0.4, 0.5) is 0 Å². The number of aromatic nitrogens is 4. The van der Waals surface area contributed by atoms with E-state index in [1.807, 2.05) is 116 Å². The monoisotopic (exact) mass is 1190 g/mol. The number of nitrogens with one attached hydrogen (secondary N) is 5. The number of hydrogen-bond acceptors (Lipinski definition) is 13. The molecule has 3 heterocycles. The lowest BCUT2D eigenvalue weighted by molar-refractivity contribution is 0.0938. The van der Waals surface area contributed by atoms with Crippen LogP contribution in [0.2, 0.25) is 0 Å². The minimum Gasteiger partial charge on any atom is -0.349 e. The van der Waals surface area contributed by atoms with E-state index >= 15 is 0 Å². The van der Waals surface area contributed by atoms with Gasteiger partial charge in [0.1, 0.15) is 0 Å². The number of sulfonamides is 2. The van der Waals surface area contributed by atoms with Crippen LogP contribution in [0.25, 0.3) is 47.3 Å². The second-order valence-electron chi connectivity index (χ2n) is 25.1. The molecule has 2 aliphatic rings. The van der Waals surface area contributed by atoms with Gasteiger partial charge in [-0.05, 0) is 89.1 Å². The minimum atomic E-state index is -3.79. The molecule has 0 radical (unpaired) electrons. The lowest BCUT2D eigenvalue weighted by atomic mass is 9.85. The van der Waals surface area contributed by atoms with Gasteiger partial charge in [-0.25, -0.2) is 47.6 Å². The number of amides is 2. The zero-order chi connectivity index (χ0) is 59.4. The van der Waals surface area contributed by atoms with Crippen molar-refractivity contribution < 1.29 is 30.9 Å². The number of aromatic amines is 1. The summed E-state index contributed by atoms with van der Waals surface area (Å²) in [4.78, 5) is 56.1. The Labute approximate surface area is 490 Å². The standard InChI is InChI=1S/C31H39N5O5S2.C30H38N4O3S2/c1-30(2,3)36-43(39,40)24-16-15-22(20-13-9-10-14-21(20)24)25-23(17-19-11-7-6-8-12-19)33-27(42-25)26(37)32-18-31(4,5)28-34-29(38)41-35-28;1-29(2,3)34-39(36,37)25-17-16-23(21-14-10-11-15-22(21)25)26-24(18-20-12-8-7-9-13-20)33-28(38-26)27(35)32-19-30(4,5)31-6/h9-10,13-16,19,36H,6-8,11-12,17-18H2,1-5H3,(H,32,37)(H,34,35,38);10-11,14-17,20,34H,7-9,12-13,18-19H2,1-5H3,(H,32,35). The molecule has 82 heavy (non-hydrogen) atoms. The van der Waals surface area contributed by atoms with Crippen molar-refractivity contribution in [2.75, 3.05) is 13.1 Å². The molecule has 0 atom stereocenters. The van der Waals surface area contributed by atoms with Gasteiger partial charge >= 0.3 is 5.76 Å². The van der Waals surface area contributed by atoms with E-state index in [9.17, 15) is 31.2 Å². The van der Waals surface area contributed by atoms with Crippen molar-refractivity contribution in [2.45, 2.75) is 178 Å². The molecule has 9 rings (SSSR count). The van der Waals surface area contributed by atoms with Crippen LogP contribution in [0.5, 0.6) is 0 Å². The van der Waals surface area contributed by atoms with Crippen molar-refractivity contribution in [2.24, 2.45) is 11.8 Å². The molecule has 2 fully saturated rings. The van der Waals surface area contributed by atoms with E-state index in [4.69, 9.17) is 16.5 Å². The highest BCUT2D eigenvalue weighted by Crippen LogP contribution is 2.42. The highest BCUT2D eigenvalue weighted by atomic mass is 32.2. The number of carbonyl (C=O) groups excluding carboxylic acids is 2. The van der Waals surface area contributed by atoms with Gasteiger partial charge in [-0.15, -0.1) is 22.7 Å². The largest absolute Gasteiger partial charge is 0.438 e. The van der Waals surface area contributed by atoms with E-state index in [1.165, 1.54) is 61.2 Å². The van der Waals surface area contributed by atoms with Crippen molar-refractivity contribution in [1.29, 1.82) is 0 Å². The molecular weight excluding hydrogens is 1110 g/mol. The first-order chi connectivity index (χ1) is 38.5. The minimum absolute atomic E-state index is 0.206. The molecule has 7 aromatic rings. The molecule has 2 amide bonds. The van der Waals surface area contributed by atoms with E-state index in [0.29, 0.717) is 38.4 Å². The Hall–Kier alpha value is -6.15. The summed E-state index contributed by atoms with van der Waals surface area (Å²) in [7, 11) is -7.55. The number of H-pyrrole nitrogens is 1. The molecule has 5 N–H and O–H groups in total. The molecule has 0 bridgehead atoms. The number of hydrogen-bond donors (Lipinski definition) is 5. The van der Waals surface area contributed by atoms with Crippen LogP contribution in [0.15, 0.2) is 91.9 Å². The molecule has 438 valence electrons. The van der Waals surface area contributed by atoms with Crippen LogP contribution < -0.4 is 25.8 Å². The maximum atomic E-state index is 13.4. The normalized spacial score (nSPS) is 15.2. The Kier molecular flexibility index (Phi) is 18.9. The van der Waals surface area contributed by atoms with Gasteiger partial charge in [-0.1, -0.05) is 144 Å². The van der Waals surface area contributed by atoms with E-state index in [2.05, 4.69) is 39.6 Å². The number of carbonyl (C=O) groups is 2. The number of nitrogens with zero attached hydrogens (tertiary/aromatic N) is 4. The van der Waals surface area contributed by atoms with Gasteiger partial charge in [-0.2, -0.15) is 0 Å². The Morgan fingerprint density at radius 3 is 1.39 bits per heavy atom. The van der Waals surface area contributed by atoms with Crippen molar-refractivity contribution in [3.8, 4) is 20.9 Å². The highest BCUT2D eigenvalue weighted by Gasteiger charge is 2.32. The van der Waals surface area contributed by atoms with Gasteiger partial charge < -0.3 is 15.5 Å². The predicted octanol–water partition coefficient (Wildman–Crippen LogP) is 12.1. The highest BCUT2D eigenvalue weighted by molar-refractivity contribution is 7.90. The van der Waals surface area contributed by atoms with Crippen molar-refractivity contribution in [1.82, 2.24) is 40.2 Å². The molecule has 4 aromatic carbocycles. The van der Waals surface area contributed by atoms with Crippen molar-refractivity contribution >= 4 is 76.1 Å². The van der Waals surface area contributed by atoms with Gasteiger partial charge in [0.15, 0.2) is 15.8 Å². The van der Waals surface area contributed by atoms with Crippen LogP contribution in [0.3, 0.4) is 0 Å². The average molecular weight is 1190 g/mol. The molecule has 21 heteroatoms. The fraction of sp³-hybridized carbons (Fsp3) is 0.492. The Bertz CT molecular complexity index is 3790. The number of fused-ring (bicyclic) bond motifs is 2. The molecule has 0 aliphatic heterocycles. The van der Waals surface area contributed by atoms with Crippen molar-refractivity contribution in [3.63, 3.8) is 0 Å². The summed E-state index contributed by atoms with van der Waals surface area (Å²) in [5.41, 5.74) is 0.852. The fourth-order valence-electron chi connectivity index (χ4n) is 10.6. The van der Waals surface area contributed by atoms with Crippen LogP contribution in [-0.4, -0.2) is 78.5 Å². The molecule has 17 nitrogen and oxygen atoms in total. The molecule has 2 saturated carbocycles. The van der Waals surface area contributed by atoms with E-state index < -0.39 is 47.8 Å². The van der Waals surface area contributed by atoms with Gasteiger partial charge in [0.05, 0.1) is 37.5 Å². The maximum absolute atomic E-state index is 13.4. The second-order valence-corrected chi connectivity index (χ2v) is 30.4. The van der Waals surface area contributed by atoms with Crippen LogP contribution in [-0.2, 0) is 38.3 Å². The van der Waals surface area contributed by atoms with E-state index in [0.717, 1.165) is 81.6 Å². The predicted molar refractivity (Wildman–Crippen MR) is 326 cm³/mol. The third-order valence-electron chi connectivity index (χ3n) is 14.7. The molecule has 0 unspecified atom stereocenters. The molecule has 2 aliphatic carbocycles. The number of rotatable bonds is 17. The van der Waals surface area contributed by atoms with Gasteiger partial charge in [0.2, 0.25) is 25.6 Å². The number of benzene rings is 4. The zero-order valence-corrected chi connectivity index (χ0v) is 51.9. The topological polar surface area (TPSA) is 240 Å². The third-order valence-corrected chi connectivity index (χ3v) is 20.6.